The Balaban J connectivity index is 1.49. The number of hydrogen-bond donors (Lipinski definition) is 1. The molecular formula is C21H26N2O5. The first-order valence-electron chi connectivity index (χ1n) is 9.77. The maximum atomic E-state index is 12.5. The van der Waals surface area contributed by atoms with Crippen molar-refractivity contribution in [3.05, 3.63) is 36.0 Å². The number of amides is 1. The van der Waals surface area contributed by atoms with E-state index in [9.17, 15) is 14.4 Å². The fourth-order valence-corrected chi connectivity index (χ4v) is 3.59. The topological polar surface area (TPSA) is 88.7 Å². The van der Waals surface area contributed by atoms with Crippen molar-refractivity contribution < 1.29 is 23.9 Å². The number of rotatable bonds is 7. The highest BCUT2D eigenvalue weighted by Gasteiger charge is 2.33. The van der Waals surface area contributed by atoms with Crippen LogP contribution in [0.25, 0.3) is 10.9 Å². The molecule has 2 aromatic rings. The lowest BCUT2D eigenvalue weighted by molar-refractivity contribution is -0.160. The maximum absolute atomic E-state index is 12.5. The Hall–Kier alpha value is -2.83. The number of nitrogens with one attached hydrogen (secondary N) is 1. The minimum Gasteiger partial charge on any atom is -0.464 e. The minimum atomic E-state index is -0.578. The molecule has 1 aliphatic heterocycles. The summed E-state index contributed by atoms with van der Waals surface area (Å²) in [6.07, 6.45) is 4.90. The number of aromatic amines is 1. The first-order valence-corrected chi connectivity index (χ1v) is 9.77. The second-order valence-electron chi connectivity index (χ2n) is 6.87. The summed E-state index contributed by atoms with van der Waals surface area (Å²) in [6, 6.07) is 7.31. The van der Waals surface area contributed by atoms with E-state index in [1.54, 1.807) is 6.92 Å². The number of ether oxygens (including phenoxy) is 2. The second kappa shape index (κ2) is 9.39. The number of esters is 2. The number of benzene rings is 1. The Labute approximate surface area is 164 Å². The van der Waals surface area contributed by atoms with Gasteiger partial charge in [-0.05, 0) is 44.2 Å². The van der Waals surface area contributed by atoms with Crippen molar-refractivity contribution in [1.29, 1.82) is 0 Å². The van der Waals surface area contributed by atoms with Gasteiger partial charge in [-0.3, -0.25) is 9.59 Å². The van der Waals surface area contributed by atoms with Crippen LogP contribution < -0.4 is 0 Å². The fourth-order valence-electron chi connectivity index (χ4n) is 3.59. The summed E-state index contributed by atoms with van der Waals surface area (Å²) >= 11 is 0. The third-order valence-corrected chi connectivity index (χ3v) is 5.01. The van der Waals surface area contributed by atoms with Gasteiger partial charge >= 0.3 is 11.9 Å². The van der Waals surface area contributed by atoms with Crippen LogP contribution in [0.3, 0.4) is 0 Å². The van der Waals surface area contributed by atoms with Crippen molar-refractivity contribution >= 4 is 28.7 Å². The summed E-state index contributed by atoms with van der Waals surface area (Å²) in [5.74, 6) is -1.16. The van der Waals surface area contributed by atoms with Crippen LogP contribution in [0.1, 0.15) is 38.2 Å². The SMILES string of the molecule is CCOC(=O)[C@H]1CCCCN1C(=O)COC(=O)CCc1c[nH]c2ccccc12. The number of fused-ring (bicyclic) bond motifs is 1. The molecular weight excluding hydrogens is 360 g/mol. The highest BCUT2D eigenvalue weighted by molar-refractivity contribution is 5.87. The van der Waals surface area contributed by atoms with Crippen LogP contribution >= 0.6 is 0 Å². The molecule has 28 heavy (non-hydrogen) atoms. The van der Waals surface area contributed by atoms with E-state index >= 15 is 0 Å². The molecule has 1 amide bonds. The van der Waals surface area contributed by atoms with Gasteiger partial charge in [0.2, 0.25) is 0 Å². The molecule has 1 saturated heterocycles. The number of aryl methyl sites for hydroxylation is 1. The molecule has 1 aromatic carbocycles. The smallest absolute Gasteiger partial charge is 0.328 e. The summed E-state index contributed by atoms with van der Waals surface area (Å²) in [6.45, 7) is 2.15. The minimum absolute atomic E-state index is 0.191. The van der Waals surface area contributed by atoms with Crippen molar-refractivity contribution in [3.63, 3.8) is 0 Å². The zero-order valence-electron chi connectivity index (χ0n) is 16.1. The molecule has 1 fully saturated rings. The normalized spacial score (nSPS) is 16.8. The number of carbonyl (C=O) groups is 3. The summed E-state index contributed by atoms with van der Waals surface area (Å²) in [5, 5.41) is 1.08. The van der Waals surface area contributed by atoms with Crippen LogP contribution in [0.15, 0.2) is 30.5 Å². The molecule has 0 radical (unpaired) electrons. The van der Waals surface area contributed by atoms with Gasteiger partial charge in [-0.2, -0.15) is 0 Å². The Morgan fingerprint density at radius 1 is 1.18 bits per heavy atom. The number of aromatic nitrogens is 1. The molecule has 1 atom stereocenters. The molecule has 0 bridgehead atoms. The largest absolute Gasteiger partial charge is 0.464 e. The van der Waals surface area contributed by atoms with Crippen LogP contribution in [0.4, 0.5) is 0 Å². The Morgan fingerprint density at radius 2 is 2.00 bits per heavy atom. The number of hydrogen-bond acceptors (Lipinski definition) is 5. The maximum Gasteiger partial charge on any atom is 0.328 e. The molecule has 0 spiro atoms. The van der Waals surface area contributed by atoms with E-state index < -0.39 is 12.0 Å². The van der Waals surface area contributed by atoms with E-state index in [1.165, 1.54) is 4.90 Å². The lowest BCUT2D eigenvalue weighted by Gasteiger charge is -2.33. The third kappa shape index (κ3) is 4.71. The van der Waals surface area contributed by atoms with Gasteiger partial charge in [-0.25, -0.2) is 4.79 Å². The average Bonchev–Trinajstić information content (AvgIpc) is 3.14. The number of nitrogens with zero attached hydrogens (tertiary/aromatic N) is 1. The first-order chi connectivity index (χ1) is 13.6. The predicted octanol–water partition coefficient (Wildman–Crippen LogP) is 2.59. The van der Waals surface area contributed by atoms with E-state index in [-0.39, 0.29) is 31.5 Å². The number of H-pyrrole nitrogens is 1. The molecule has 7 nitrogen and oxygen atoms in total. The van der Waals surface area contributed by atoms with Crippen molar-refractivity contribution in [3.8, 4) is 0 Å². The number of likely N-dealkylation sites (tertiary alicyclic amines) is 1. The van der Waals surface area contributed by atoms with E-state index in [4.69, 9.17) is 9.47 Å². The molecule has 1 aromatic heterocycles. The Kier molecular flexibility index (Phi) is 6.68. The quantitative estimate of drug-likeness (QED) is 0.739. The predicted molar refractivity (Wildman–Crippen MR) is 104 cm³/mol. The number of carbonyl (C=O) groups excluding carboxylic acids is 3. The van der Waals surface area contributed by atoms with Crippen LogP contribution in [0, 0.1) is 0 Å². The van der Waals surface area contributed by atoms with Gasteiger partial charge in [-0.15, -0.1) is 0 Å². The fraction of sp³-hybridized carbons (Fsp3) is 0.476. The van der Waals surface area contributed by atoms with Gasteiger partial charge in [0.1, 0.15) is 6.04 Å². The van der Waals surface area contributed by atoms with Crippen molar-refractivity contribution in [2.24, 2.45) is 0 Å². The van der Waals surface area contributed by atoms with Gasteiger partial charge in [0.15, 0.2) is 6.61 Å². The van der Waals surface area contributed by atoms with Crippen molar-refractivity contribution in [1.82, 2.24) is 9.88 Å². The standard InChI is InChI=1S/C21H26N2O5/c1-2-27-21(26)18-9-5-6-12-23(18)19(24)14-28-20(25)11-10-15-13-22-17-8-4-3-7-16(15)17/h3-4,7-8,13,18,22H,2,5-6,9-12,14H2,1H3/t18-/m1/s1. The monoisotopic (exact) mass is 386 g/mol. The Bertz CT molecular complexity index is 844. The van der Waals surface area contributed by atoms with Crippen molar-refractivity contribution in [2.75, 3.05) is 19.8 Å². The van der Waals surface area contributed by atoms with Crippen LogP contribution in [0.2, 0.25) is 0 Å². The van der Waals surface area contributed by atoms with E-state index in [0.717, 1.165) is 29.3 Å². The number of piperidine rings is 1. The van der Waals surface area contributed by atoms with E-state index in [1.807, 2.05) is 30.5 Å². The number of para-hydroxylation sites is 1. The lowest BCUT2D eigenvalue weighted by atomic mass is 10.0. The zero-order valence-corrected chi connectivity index (χ0v) is 16.1. The molecule has 0 saturated carbocycles. The summed E-state index contributed by atoms with van der Waals surface area (Å²) in [4.78, 5) is 41.3. The van der Waals surface area contributed by atoms with Gasteiger partial charge in [0, 0.05) is 30.1 Å². The van der Waals surface area contributed by atoms with E-state index in [0.29, 0.717) is 19.4 Å². The van der Waals surface area contributed by atoms with Crippen LogP contribution in [0.5, 0.6) is 0 Å². The van der Waals surface area contributed by atoms with Crippen LogP contribution in [-0.4, -0.2) is 53.5 Å². The second-order valence-corrected chi connectivity index (χ2v) is 6.87. The van der Waals surface area contributed by atoms with Gasteiger partial charge in [0.25, 0.3) is 5.91 Å². The van der Waals surface area contributed by atoms with E-state index in [2.05, 4.69) is 4.98 Å². The lowest BCUT2D eigenvalue weighted by Crippen LogP contribution is -2.50. The Morgan fingerprint density at radius 3 is 2.82 bits per heavy atom. The average molecular weight is 386 g/mol. The highest BCUT2D eigenvalue weighted by Crippen LogP contribution is 2.20. The summed E-state index contributed by atoms with van der Waals surface area (Å²) in [5.41, 5.74) is 2.06. The zero-order chi connectivity index (χ0) is 19.9. The molecule has 0 aliphatic carbocycles. The first kappa shape index (κ1) is 19.9. The molecule has 1 N–H and O–H groups in total. The highest BCUT2D eigenvalue weighted by atomic mass is 16.5. The molecule has 150 valence electrons. The van der Waals surface area contributed by atoms with Gasteiger partial charge in [0.05, 0.1) is 6.61 Å². The van der Waals surface area contributed by atoms with Gasteiger partial charge < -0.3 is 19.4 Å². The third-order valence-electron chi connectivity index (χ3n) is 5.01. The van der Waals surface area contributed by atoms with Crippen LogP contribution in [-0.2, 0) is 30.3 Å². The molecule has 2 heterocycles. The van der Waals surface area contributed by atoms with Gasteiger partial charge in [-0.1, -0.05) is 18.2 Å². The molecule has 0 unspecified atom stereocenters. The summed E-state index contributed by atoms with van der Waals surface area (Å²) in [7, 11) is 0. The molecule has 3 rings (SSSR count). The molecule has 7 heteroatoms. The summed E-state index contributed by atoms with van der Waals surface area (Å²) < 4.78 is 10.2. The van der Waals surface area contributed by atoms with Crippen molar-refractivity contribution in [2.45, 2.75) is 45.1 Å². The molecule has 1 aliphatic rings.